The molecule has 0 N–H and O–H groups in total. The van der Waals surface area contributed by atoms with E-state index in [1.165, 1.54) is 4.88 Å². The highest BCUT2D eigenvalue weighted by Crippen LogP contribution is 2.25. The smallest absolute Gasteiger partial charge is 0.262 e. The molecule has 2 aromatic rings. The number of hydrogen-bond donors (Lipinski definition) is 0. The molecule has 17 heavy (non-hydrogen) atoms. The van der Waals surface area contributed by atoms with E-state index in [2.05, 4.69) is 9.88 Å². The van der Waals surface area contributed by atoms with Crippen LogP contribution in [0.2, 0.25) is 0 Å². The third-order valence-electron chi connectivity index (χ3n) is 2.94. The Hall–Kier alpha value is -1.20. The lowest BCUT2D eigenvalue weighted by atomic mass is 10.2. The molecular formula is C12H17N3OS. The highest BCUT2D eigenvalue weighted by molar-refractivity contribution is 7.18. The van der Waals surface area contributed by atoms with Crippen LogP contribution in [0.1, 0.15) is 10.4 Å². The maximum Gasteiger partial charge on any atom is 0.262 e. The van der Waals surface area contributed by atoms with Gasteiger partial charge in [0, 0.05) is 18.0 Å². The van der Waals surface area contributed by atoms with Gasteiger partial charge in [0.15, 0.2) is 0 Å². The van der Waals surface area contributed by atoms with Gasteiger partial charge in [-0.15, -0.1) is 11.3 Å². The highest BCUT2D eigenvalue weighted by Gasteiger charge is 2.11. The third kappa shape index (κ3) is 2.25. The van der Waals surface area contributed by atoms with Gasteiger partial charge in [-0.3, -0.25) is 9.36 Å². The zero-order chi connectivity index (χ0) is 12.6. The zero-order valence-corrected chi connectivity index (χ0v) is 11.5. The van der Waals surface area contributed by atoms with E-state index in [1.54, 1.807) is 22.2 Å². The average molecular weight is 251 g/mol. The van der Waals surface area contributed by atoms with Crippen molar-refractivity contribution in [3.63, 3.8) is 0 Å². The van der Waals surface area contributed by atoms with Crippen LogP contribution in [0.5, 0.6) is 0 Å². The first-order valence-corrected chi connectivity index (χ1v) is 6.42. The van der Waals surface area contributed by atoms with Crippen LogP contribution in [0.3, 0.4) is 0 Å². The number of rotatable bonds is 3. The predicted octanol–water partition coefficient (Wildman–Crippen LogP) is 1.64. The first-order chi connectivity index (χ1) is 8.00. The van der Waals surface area contributed by atoms with Gasteiger partial charge in [0.25, 0.3) is 5.56 Å². The lowest BCUT2D eigenvalue weighted by Gasteiger charge is -2.10. The molecule has 0 aromatic carbocycles. The monoisotopic (exact) mass is 251 g/mol. The molecule has 0 radical (unpaired) electrons. The summed E-state index contributed by atoms with van der Waals surface area (Å²) in [5.74, 6) is 0. The van der Waals surface area contributed by atoms with Crippen molar-refractivity contribution in [2.24, 2.45) is 0 Å². The van der Waals surface area contributed by atoms with Gasteiger partial charge in [-0.1, -0.05) is 0 Å². The molecule has 0 atom stereocenters. The fourth-order valence-corrected chi connectivity index (χ4v) is 2.72. The molecule has 0 bridgehead atoms. The Labute approximate surface area is 105 Å². The topological polar surface area (TPSA) is 38.1 Å². The maximum absolute atomic E-state index is 12.3. The number of likely N-dealkylation sites (N-methyl/N-ethyl adjacent to an activating group) is 1. The molecule has 0 fully saturated rings. The molecular weight excluding hydrogens is 234 g/mol. The molecule has 0 amide bonds. The first kappa shape index (κ1) is 12.3. The summed E-state index contributed by atoms with van der Waals surface area (Å²) in [7, 11) is 3.99. The summed E-state index contributed by atoms with van der Waals surface area (Å²) in [5.41, 5.74) is 1.15. The zero-order valence-electron chi connectivity index (χ0n) is 10.6. The van der Waals surface area contributed by atoms with Crippen LogP contribution < -0.4 is 5.56 Å². The number of nitrogens with zero attached hydrogens (tertiary/aromatic N) is 3. The molecule has 0 saturated carbocycles. The summed E-state index contributed by atoms with van der Waals surface area (Å²) in [4.78, 5) is 20.7. The van der Waals surface area contributed by atoms with Crippen LogP contribution in [0.4, 0.5) is 0 Å². The van der Waals surface area contributed by atoms with Crippen molar-refractivity contribution in [3.8, 4) is 0 Å². The Bertz CT molecular complexity index is 598. The second kappa shape index (κ2) is 4.58. The van der Waals surface area contributed by atoms with E-state index < -0.39 is 0 Å². The van der Waals surface area contributed by atoms with E-state index in [1.807, 2.05) is 27.9 Å². The second-order valence-corrected chi connectivity index (χ2v) is 5.71. The summed E-state index contributed by atoms with van der Waals surface area (Å²) < 4.78 is 1.70. The maximum atomic E-state index is 12.3. The molecule has 5 heteroatoms. The van der Waals surface area contributed by atoms with Crippen molar-refractivity contribution in [1.29, 1.82) is 0 Å². The predicted molar refractivity (Wildman–Crippen MR) is 71.9 cm³/mol. The lowest BCUT2D eigenvalue weighted by Crippen LogP contribution is -2.26. The number of aryl methyl sites for hydroxylation is 2. The Morgan fingerprint density at radius 1 is 1.41 bits per heavy atom. The van der Waals surface area contributed by atoms with Crippen molar-refractivity contribution in [2.75, 3.05) is 20.6 Å². The summed E-state index contributed by atoms with van der Waals surface area (Å²) >= 11 is 1.59. The molecule has 92 valence electrons. The van der Waals surface area contributed by atoms with Gasteiger partial charge in [0.05, 0.1) is 11.7 Å². The van der Waals surface area contributed by atoms with E-state index >= 15 is 0 Å². The van der Waals surface area contributed by atoms with Crippen LogP contribution in [-0.2, 0) is 6.54 Å². The standard InChI is InChI=1S/C12H17N3OS/c1-8-9(2)17-11-10(8)12(16)15(7-13-11)6-5-14(3)4/h7H,5-6H2,1-4H3. The molecule has 4 nitrogen and oxygen atoms in total. The fraction of sp³-hybridized carbons (Fsp3) is 0.500. The van der Waals surface area contributed by atoms with Crippen LogP contribution >= 0.6 is 11.3 Å². The van der Waals surface area contributed by atoms with Gasteiger partial charge in [0.1, 0.15) is 4.83 Å². The van der Waals surface area contributed by atoms with Crippen molar-refractivity contribution >= 4 is 21.6 Å². The highest BCUT2D eigenvalue weighted by atomic mass is 32.1. The first-order valence-electron chi connectivity index (χ1n) is 5.60. The van der Waals surface area contributed by atoms with Crippen molar-refractivity contribution < 1.29 is 0 Å². The van der Waals surface area contributed by atoms with E-state index in [9.17, 15) is 4.79 Å². The molecule has 0 spiro atoms. The average Bonchev–Trinajstić information content (AvgIpc) is 2.54. The van der Waals surface area contributed by atoms with Crippen LogP contribution in [0, 0.1) is 13.8 Å². The Kier molecular flexibility index (Phi) is 3.31. The molecule has 0 aliphatic rings. The third-order valence-corrected chi connectivity index (χ3v) is 4.06. The summed E-state index contributed by atoms with van der Waals surface area (Å²) in [6.45, 7) is 5.55. The van der Waals surface area contributed by atoms with Gasteiger partial charge in [-0.25, -0.2) is 4.98 Å². The minimum absolute atomic E-state index is 0.0821. The molecule has 2 aromatic heterocycles. The van der Waals surface area contributed by atoms with Crippen molar-refractivity contribution in [2.45, 2.75) is 20.4 Å². The van der Waals surface area contributed by atoms with Crippen LogP contribution in [0.25, 0.3) is 10.2 Å². The Morgan fingerprint density at radius 3 is 2.76 bits per heavy atom. The van der Waals surface area contributed by atoms with Crippen LogP contribution in [0.15, 0.2) is 11.1 Å². The molecule has 2 rings (SSSR count). The Balaban J connectivity index is 2.50. The molecule has 0 aliphatic heterocycles. The van der Waals surface area contributed by atoms with Gasteiger partial charge in [-0.05, 0) is 33.5 Å². The quantitative estimate of drug-likeness (QED) is 0.832. The second-order valence-electron chi connectivity index (χ2n) is 4.51. The molecule has 0 aliphatic carbocycles. The van der Waals surface area contributed by atoms with Gasteiger partial charge in [-0.2, -0.15) is 0 Å². The lowest BCUT2D eigenvalue weighted by molar-refractivity contribution is 0.380. The number of thiophene rings is 1. The molecule has 0 unspecified atom stereocenters. The van der Waals surface area contributed by atoms with E-state index in [-0.39, 0.29) is 5.56 Å². The summed E-state index contributed by atoms with van der Waals surface area (Å²) in [6.07, 6.45) is 1.66. The number of fused-ring (bicyclic) bond motifs is 1. The van der Waals surface area contributed by atoms with E-state index in [0.29, 0.717) is 6.54 Å². The SMILES string of the molecule is Cc1sc2ncn(CCN(C)C)c(=O)c2c1C. The van der Waals surface area contributed by atoms with E-state index in [0.717, 1.165) is 22.3 Å². The van der Waals surface area contributed by atoms with Gasteiger partial charge < -0.3 is 4.90 Å². The summed E-state index contributed by atoms with van der Waals surface area (Å²) in [5, 5.41) is 0.786. The number of aromatic nitrogens is 2. The van der Waals surface area contributed by atoms with Crippen molar-refractivity contribution in [1.82, 2.24) is 14.5 Å². The molecule has 0 saturated heterocycles. The van der Waals surface area contributed by atoms with Crippen LogP contribution in [-0.4, -0.2) is 35.1 Å². The minimum atomic E-state index is 0.0821. The Morgan fingerprint density at radius 2 is 2.12 bits per heavy atom. The number of hydrogen-bond acceptors (Lipinski definition) is 4. The van der Waals surface area contributed by atoms with Gasteiger partial charge >= 0.3 is 0 Å². The fourth-order valence-electron chi connectivity index (χ4n) is 1.74. The normalized spacial score (nSPS) is 11.6. The summed E-state index contributed by atoms with van der Waals surface area (Å²) in [6, 6.07) is 0. The largest absolute Gasteiger partial charge is 0.308 e. The van der Waals surface area contributed by atoms with Gasteiger partial charge in [0.2, 0.25) is 0 Å². The minimum Gasteiger partial charge on any atom is -0.308 e. The molecule has 2 heterocycles. The van der Waals surface area contributed by atoms with Crippen molar-refractivity contribution in [3.05, 3.63) is 27.1 Å². The van der Waals surface area contributed by atoms with E-state index in [4.69, 9.17) is 0 Å².